The lowest BCUT2D eigenvalue weighted by Crippen LogP contribution is -2.21. The molecule has 0 aliphatic rings. The molecule has 0 saturated carbocycles. The van der Waals surface area contributed by atoms with Gasteiger partial charge in [-0.2, -0.15) is 0 Å². The Morgan fingerprint density at radius 1 is 1.30 bits per heavy atom. The van der Waals surface area contributed by atoms with E-state index >= 15 is 0 Å². The maximum absolute atomic E-state index is 12.0. The van der Waals surface area contributed by atoms with Crippen LogP contribution in [0, 0.1) is 0 Å². The smallest absolute Gasteiger partial charge is 0.341 e. The van der Waals surface area contributed by atoms with Crippen LogP contribution < -0.4 is 5.32 Å². The molecular formula is C15H12Cl2N2O3S. The fourth-order valence-corrected chi connectivity index (χ4v) is 2.57. The quantitative estimate of drug-likeness (QED) is 0.638. The number of hydrogen-bond donors (Lipinski definition) is 1. The van der Waals surface area contributed by atoms with Gasteiger partial charge in [-0.3, -0.25) is 4.79 Å². The zero-order valence-electron chi connectivity index (χ0n) is 12.0. The topological polar surface area (TPSA) is 68.3 Å². The van der Waals surface area contributed by atoms with Gasteiger partial charge in [-0.25, -0.2) is 9.78 Å². The number of carbonyl (C=O) groups excluding carboxylic acids is 2. The van der Waals surface area contributed by atoms with Crippen LogP contribution in [-0.4, -0.2) is 29.7 Å². The molecule has 2 aromatic rings. The van der Waals surface area contributed by atoms with E-state index in [-0.39, 0.29) is 0 Å². The first-order chi connectivity index (χ1) is 11.0. The summed E-state index contributed by atoms with van der Waals surface area (Å²) in [5.41, 5.74) is 0.667. The number of aromatic nitrogens is 1. The lowest BCUT2D eigenvalue weighted by atomic mass is 10.3. The molecule has 0 unspecified atom stereocenters. The molecule has 5 nitrogen and oxygen atoms in total. The summed E-state index contributed by atoms with van der Waals surface area (Å²) in [6.07, 6.45) is 3.38. The highest BCUT2D eigenvalue weighted by atomic mass is 35.5. The van der Waals surface area contributed by atoms with E-state index in [1.807, 2.05) is 0 Å². The fourth-order valence-electron chi connectivity index (χ4n) is 1.70. The Balaban J connectivity index is 1.96. The standard InChI is InChI=1S/C15H12Cl2N2O3S/c1-23-14-10(3-2-6-18-14)15(21)22-8-13(20)19-12-7-9(16)4-5-11(12)17/h2-7H,8H2,1H3,(H,19,20). The number of rotatable bonds is 5. The third kappa shape index (κ3) is 4.86. The molecule has 0 bridgehead atoms. The molecule has 1 N–H and O–H groups in total. The van der Waals surface area contributed by atoms with Gasteiger partial charge in [0.2, 0.25) is 0 Å². The Labute approximate surface area is 147 Å². The molecule has 8 heteroatoms. The molecule has 0 aliphatic carbocycles. The predicted molar refractivity (Wildman–Crippen MR) is 91.4 cm³/mol. The number of anilines is 1. The molecule has 1 heterocycles. The SMILES string of the molecule is CSc1ncccc1C(=O)OCC(=O)Nc1cc(Cl)ccc1Cl. The number of carbonyl (C=O) groups is 2. The van der Waals surface area contributed by atoms with Crippen LogP contribution in [0.4, 0.5) is 5.69 Å². The molecule has 1 amide bonds. The van der Waals surface area contributed by atoms with Crippen LogP contribution in [0.1, 0.15) is 10.4 Å². The lowest BCUT2D eigenvalue weighted by molar-refractivity contribution is -0.119. The predicted octanol–water partition coefficient (Wildman–Crippen LogP) is 3.91. The summed E-state index contributed by atoms with van der Waals surface area (Å²) >= 11 is 13.1. The molecule has 1 aromatic heterocycles. The Bertz CT molecular complexity index is 740. The number of ether oxygens (including phenoxy) is 1. The molecule has 0 saturated heterocycles. The number of benzene rings is 1. The highest BCUT2D eigenvalue weighted by Crippen LogP contribution is 2.25. The van der Waals surface area contributed by atoms with E-state index < -0.39 is 18.5 Å². The molecule has 0 radical (unpaired) electrons. The van der Waals surface area contributed by atoms with Crippen LogP contribution in [0.2, 0.25) is 10.0 Å². The zero-order chi connectivity index (χ0) is 16.8. The largest absolute Gasteiger partial charge is 0.452 e. The van der Waals surface area contributed by atoms with Crippen molar-refractivity contribution in [2.45, 2.75) is 5.03 Å². The van der Waals surface area contributed by atoms with Gasteiger partial charge in [0.1, 0.15) is 5.03 Å². The van der Waals surface area contributed by atoms with E-state index in [2.05, 4.69) is 10.3 Å². The second kappa shape index (κ2) is 8.19. The molecule has 0 atom stereocenters. The maximum atomic E-state index is 12.0. The van der Waals surface area contributed by atoms with Crippen molar-refractivity contribution in [2.24, 2.45) is 0 Å². The Morgan fingerprint density at radius 2 is 2.09 bits per heavy atom. The molecule has 0 fully saturated rings. The molecule has 2 rings (SSSR count). The van der Waals surface area contributed by atoms with Crippen LogP contribution in [0.15, 0.2) is 41.6 Å². The number of pyridine rings is 1. The molecule has 0 aliphatic heterocycles. The van der Waals surface area contributed by atoms with Gasteiger partial charge in [-0.05, 0) is 36.6 Å². The number of esters is 1. The third-order valence-electron chi connectivity index (χ3n) is 2.72. The Morgan fingerprint density at radius 3 is 2.83 bits per heavy atom. The number of hydrogen-bond acceptors (Lipinski definition) is 5. The maximum Gasteiger partial charge on any atom is 0.341 e. The van der Waals surface area contributed by atoms with Gasteiger partial charge in [0.25, 0.3) is 5.91 Å². The van der Waals surface area contributed by atoms with Crippen molar-refractivity contribution in [2.75, 3.05) is 18.2 Å². The minimum absolute atomic E-state index is 0.314. The number of thioether (sulfide) groups is 1. The molecule has 23 heavy (non-hydrogen) atoms. The Kier molecular flexibility index (Phi) is 6.27. The summed E-state index contributed by atoms with van der Waals surface area (Å²) in [6.45, 7) is -0.440. The van der Waals surface area contributed by atoms with E-state index in [4.69, 9.17) is 27.9 Å². The minimum atomic E-state index is -0.616. The number of halogens is 2. The van der Waals surface area contributed by atoms with E-state index in [9.17, 15) is 9.59 Å². The molecule has 0 spiro atoms. The van der Waals surface area contributed by atoms with Gasteiger partial charge in [0.15, 0.2) is 6.61 Å². The lowest BCUT2D eigenvalue weighted by Gasteiger charge is -2.09. The highest BCUT2D eigenvalue weighted by molar-refractivity contribution is 7.98. The van der Waals surface area contributed by atoms with Gasteiger partial charge < -0.3 is 10.1 Å². The van der Waals surface area contributed by atoms with Crippen LogP contribution in [0.5, 0.6) is 0 Å². The van der Waals surface area contributed by atoms with Crippen LogP contribution >= 0.6 is 35.0 Å². The third-order valence-corrected chi connectivity index (χ3v) is 4.00. The summed E-state index contributed by atoms with van der Waals surface area (Å²) in [5, 5.41) is 3.84. The molecular weight excluding hydrogens is 359 g/mol. The van der Waals surface area contributed by atoms with Crippen molar-refractivity contribution in [1.82, 2.24) is 4.98 Å². The van der Waals surface area contributed by atoms with Crippen molar-refractivity contribution in [3.63, 3.8) is 0 Å². The first-order valence-corrected chi connectivity index (χ1v) is 8.40. The average molecular weight is 371 g/mol. The second-order valence-corrected chi connectivity index (χ2v) is 5.95. The van der Waals surface area contributed by atoms with Crippen molar-refractivity contribution in [1.29, 1.82) is 0 Å². The number of nitrogens with zero attached hydrogens (tertiary/aromatic N) is 1. The fraction of sp³-hybridized carbons (Fsp3) is 0.133. The van der Waals surface area contributed by atoms with Gasteiger partial charge in [-0.1, -0.05) is 23.2 Å². The Hall–Kier alpha value is -1.76. The van der Waals surface area contributed by atoms with Crippen molar-refractivity contribution >= 4 is 52.5 Å². The van der Waals surface area contributed by atoms with Crippen LogP contribution in [0.3, 0.4) is 0 Å². The van der Waals surface area contributed by atoms with Crippen molar-refractivity contribution < 1.29 is 14.3 Å². The van der Waals surface area contributed by atoms with Gasteiger partial charge >= 0.3 is 5.97 Å². The average Bonchev–Trinajstić information content (AvgIpc) is 2.56. The van der Waals surface area contributed by atoms with Crippen molar-refractivity contribution in [3.8, 4) is 0 Å². The van der Waals surface area contributed by atoms with E-state index in [0.717, 1.165) is 0 Å². The molecule has 1 aromatic carbocycles. The highest BCUT2D eigenvalue weighted by Gasteiger charge is 2.15. The summed E-state index contributed by atoms with van der Waals surface area (Å²) in [6, 6.07) is 7.89. The monoisotopic (exact) mass is 370 g/mol. The summed E-state index contributed by atoms with van der Waals surface area (Å²) in [4.78, 5) is 27.9. The minimum Gasteiger partial charge on any atom is -0.452 e. The van der Waals surface area contributed by atoms with Crippen LogP contribution in [-0.2, 0) is 9.53 Å². The molecule has 120 valence electrons. The van der Waals surface area contributed by atoms with E-state index in [0.29, 0.717) is 26.3 Å². The number of amides is 1. The summed E-state index contributed by atoms with van der Waals surface area (Å²) in [7, 11) is 0. The van der Waals surface area contributed by atoms with E-state index in [1.54, 1.807) is 36.7 Å². The first-order valence-electron chi connectivity index (χ1n) is 6.42. The normalized spacial score (nSPS) is 10.2. The second-order valence-electron chi connectivity index (χ2n) is 4.31. The zero-order valence-corrected chi connectivity index (χ0v) is 14.3. The van der Waals surface area contributed by atoms with Crippen LogP contribution in [0.25, 0.3) is 0 Å². The summed E-state index contributed by atoms with van der Waals surface area (Å²) < 4.78 is 4.99. The van der Waals surface area contributed by atoms with Gasteiger partial charge in [0, 0.05) is 11.2 Å². The summed E-state index contributed by atoms with van der Waals surface area (Å²) in [5.74, 6) is -1.13. The van der Waals surface area contributed by atoms with Gasteiger partial charge in [0.05, 0.1) is 16.3 Å². The van der Waals surface area contributed by atoms with Crippen molar-refractivity contribution in [3.05, 3.63) is 52.1 Å². The van der Waals surface area contributed by atoms with Gasteiger partial charge in [-0.15, -0.1) is 11.8 Å². The van der Waals surface area contributed by atoms with E-state index in [1.165, 1.54) is 17.8 Å². The number of nitrogens with one attached hydrogen (secondary N) is 1. The first kappa shape index (κ1) is 17.6.